The molecule has 0 saturated carbocycles. The van der Waals surface area contributed by atoms with Gasteiger partial charge in [-0.2, -0.15) is 0 Å². The Morgan fingerprint density at radius 3 is 3.06 bits per heavy atom. The number of nitrogens with zero attached hydrogens (tertiary/aromatic N) is 1. The highest BCUT2D eigenvalue weighted by Crippen LogP contribution is 2.10. The van der Waals surface area contributed by atoms with Crippen LogP contribution in [0.25, 0.3) is 0 Å². The first kappa shape index (κ1) is 10.2. The van der Waals surface area contributed by atoms with E-state index in [4.69, 9.17) is 10.2 Å². The van der Waals surface area contributed by atoms with E-state index in [1.165, 1.54) is 6.20 Å². The molecule has 3 N–H and O–H groups in total. The third-order valence-corrected chi connectivity index (χ3v) is 2.06. The second kappa shape index (κ2) is 4.48. The molecular weight excluding hydrogens is 206 g/mol. The normalized spacial score (nSPS) is 10.0. The SMILES string of the molecule is NC(=O)c1cc(NCc2ccco2)ccn1. The Hall–Kier alpha value is -2.30. The van der Waals surface area contributed by atoms with E-state index in [2.05, 4.69) is 10.3 Å². The number of nitrogens with one attached hydrogen (secondary N) is 1. The molecule has 0 aliphatic rings. The highest BCUT2D eigenvalue weighted by atomic mass is 16.3. The smallest absolute Gasteiger partial charge is 0.267 e. The van der Waals surface area contributed by atoms with Gasteiger partial charge in [0.1, 0.15) is 11.5 Å². The van der Waals surface area contributed by atoms with Crippen LogP contribution in [-0.4, -0.2) is 10.9 Å². The second-order valence-corrected chi connectivity index (χ2v) is 3.23. The van der Waals surface area contributed by atoms with Crippen LogP contribution in [-0.2, 0) is 6.54 Å². The largest absolute Gasteiger partial charge is 0.467 e. The van der Waals surface area contributed by atoms with Gasteiger partial charge in [-0.1, -0.05) is 0 Å². The lowest BCUT2D eigenvalue weighted by atomic mass is 10.3. The van der Waals surface area contributed by atoms with Crippen LogP contribution in [0.2, 0.25) is 0 Å². The molecule has 2 rings (SSSR count). The van der Waals surface area contributed by atoms with Crippen molar-refractivity contribution in [3.05, 3.63) is 48.2 Å². The first-order valence-electron chi connectivity index (χ1n) is 4.78. The number of hydrogen-bond donors (Lipinski definition) is 2. The summed E-state index contributed by atoms with van der Waals surface area (Å²) in [6.07, 6.45) is 3.14. The minimum atomic E-state index is -0.540. The van der Waals surface area contributed by atoms with Gasteiger partial charge in [-0.25, -0.2) is 0 Å². The molecule has 0 aromatic carbocycles. The van der Waals surface area contributed by atoms with Crippen molar-refractivity contribution in [1.82, 2.24) is 4.98 Å². The summed E-state index contributed by atoms with van der Waals surface area (Å²) in [6.45, 7) is 0.551. The lowest BCUT2D eigenvalue weighted by Crippen LogP contribution is -2.13. The van der Waals surface area contributed by atoms with E-state index in [1.54, 1.807) is 18.4 Å². The van der Waals surface area contributed by atoms with Crippen molar-refractivity contribution < 1.29 is 9.21 Å². The summed E-state index contributed by atoms with van der Waals surface area (Å²) in [4.78, 5) is 14.7. The van der Waals surface area contributed by atoms with Gasteiger partial charge < -0.3 is 15.5 Å². The van der Waals surface area contributed by atoms with Crippen molar-refractivity contribution in [2.75, 3.05) is 5.32 Å². The quantitative estimate of drug-likeness (QED) is 0.810. The molecule has 0 atom stereocenters. The molecule has 0 saturated heterocycles. The van der Waals surface area contributed by atoms with E-state index in [1.807, 2.05) is 12.1 Å². The van der Waals surface area contributed by atoms with E-state index in [0.29, 0.717) is 6.54 Å². The van der Waals surface area contributed by atoms with Crippen molar-refractivity contribution in [3.8, 4) is 0 Å². The Morgan fingerprint density at radius 2 is 2.38 bits per heavy atom. The van der Waals surface area contributed by atoms with Crippen molar-refractivity contribution >= 4 is 11.6 Å². The minimum absolute atomic E-state index is 0.240. The second-order valence-electron chi connectivity index (χ2n) is 3.23. The molecule has 0 bridgehead atoms. The van der Waals surface area contributed by atoms with E-state index in [9.17, 15) is 4.79 Å². The summed E-state index contributed by atoms with van der Waals surface area (Å²) in [5.41, 5.74) is 6.14. The van der Waals surface area contributed by atoms with Gasteiger partial charge in [-0.3, -0.25) is 9.78 Å². The molecule has 2 heterocycles. The van der Waals surface area contributed by atoms with Gasteiger partial charge in [-0.05, 0) is 24.3 Å². The van der Waals surface area contributed by atoms with Crippen molar-refractivity contribution in [3.63, 3.8) is 0 Å². The summed E-state index contributed by atoms with van der Waals surface area (Å²) in [5.74, 6) is 0.277. The minimum Gasteiger partial charge on any atom is -0.467 e. The molecular formula is C11H11N3O2. The predicted molar refractivity (Wildman–Crippen MR) is 58.8 cm³/mol. The van der Waals surface area contributed by atoms with E-state index in [0.717, 1.165) is 11.4 Å². The van der Waals surface area contributed by atoms with Crippen LogP contribution in [0.5, 0.6) is 0 Å². The highest BCUT2D eigenvalue weighted by Gasteiger charge is 2.03. The number of rotatable bonds is 4. The Labute approximate surface area is 92.3 Å². The maximum absolute atomic E-state index is 10.9. The number of aromatic nitrogens is 1. The van der Waals surface area contributed by atoms with Gasteiger partial charge in [0.05, 0.1) is 12.8 Å². The lowest BCUT2D eigenvalue weighted by molar-refractivity contribution is 0.0995. The number of pyridine rings is 1. The molecule has 1 amide bonds. The predicted octanol–water partition coefficient (Wildman–Crippen LogP) is 1.39. The van der Waals surface area contributed by atoms with Gasteiger partial charge in [0.25, 0.3) is 5.91 Å². The molecule has 0 fully saturated rings. The fraction of sp³-hybridized carbons (Fsp3) is 0.0909. The fourth-order valence-electron chi connectivity index (χ4n) is 1.28. The Balaban J connectivity index is 2.04. The zero-order chi connectivity index (χ0) is 11.4. The third-order valence-electron chi connectivity index (χ3n) is 2.06. The summed E-state index contributed by atoms with van der Waals surface area (Å²) in [5, 5.41) is 3.10. The van der Waals surface area contributed by atoms with Crippen LogP contribution >= 0.6 is 0 Å². The number of carbonyl (C=O) groups is 1. The van der Waals surface area contributed by atoms with Gasteiger partial charge in [0, 0.05) is 11.9 Å². The number of carbonyl (C=O) groups excluding carboxylic acids is 1. The van der Waals surface area contributed by atoms with Crippen LogP contribution in [0, 0.1) is 0 Å². The van der Waals surface area contributed by atoms with Crippen LogP contribution in [0.4, 0.5) is 5.69 Å². The van der Waals surface area contributed by atoms with Gasteiger partial charge in [-0.15, -0.1) is 0 Å². The van der Waals surface area contributed by atoms with Gasteiger partial charge in [0.2, 0.25) is 0 Å². The standard InChI is InChI=1S/C11H11N3O2/c12-11(15)10-6-8(3-4-13-10)14-7-9-2-1-5-16-9/h1-6H,7H2,(H2,12,15)(H,13,14). The van der Waals surface area contributed by atoms with E-state index < -0.39 is 5.91 Å². The molecule has 2 aromatic heterocycles. The number of amides is 1. The zero-order valence-electron chi connectivity index (χ0n) is 8.51. The number of anilines is 1. The number of nitrogens with two attached hydrogens (primary N) is 1. The fourth-order valence-corrected chi connectivity index (χ4v) is 1.28. The first-order chi connectivity index (χ1) is 7.75. The number of primary amides is 1. The van der Waals surface area contributed by atoms with Crippen LogP contribution in [0.15, 0.2) is 41.1 Å². The summed E-state index contributed by atoms with van der Waals surface area (Å²) < 4.78 is 5.16. The molecule has 0 aliphatic heterocycles. The molecule has 16 heavy (non-hydrogen) atoms. The van der Waals surface area contributed by atoms with Gasteiger partial charge >= 0.3 is 0 Å². The molecule has 0 unspecified atom stereocenters. The molecule has 0 spiro atoms. The maximum atomic E-state index is 10.9. The molecule has 82 valence electrons. The summed E-state index contributed by atoms with van der Waals surface area (Å²) in [6, 6.07) is 7.04. The Kier molecular flexibility index (Phi) is 2.86. The van der Waals surface area contributed by atoms with Crippen LogP contribution in [0.1, 0.15) is 16.2 Å². The zero-order valence-corrected chi connectivity index (χ0v) is 8.51. The maximum Gasteiger partial charge on any atom is 0.267 e. The average molecular weight is 217 g/mol. The Bertz CT molecular complexity index is 480. The van der Waals surface area contributed by atoms with Crippen LogP contribution < -0.4 is 11.1 Å². The van der Waals surface area contributed by atoms with Crippen molar-refractivity contribution in [2.24, 2.45) is 5.73 Å². The molecule has 5 heteroatoms. The Morgan fingerprint density at radius 1 is 1.50 bits per heavy atom. The average Bonchev–Trinajstić information content (AvgIpc) is 2.79. The highest BCUT2D eigenvalue weighted by molar-refractivity contribution is 5.91. The van der Waals surface area contributed by atoms with E-state index in [-0.39, 0.29) is 5.69 Å². The van der Waals surface area contributed by atoms with Gasteiger partial charge in [0.15, 0.2) is 0 Å². The molecule has 5 nitrogen and oxygen atoms in total. The first-order valence-corrected chi connectivity index (χ1v) is 4.78. The summed E-state index contributed by atoms with van der Waals surface area (Å²) in [7, 11) is 0. The lowest BCUT2D eigenvalue weighted by Gasteiger charge is -2.04. The number of hydrogen-bond acceptors (Lipinski definition) is 4. The molecule has 2 aromatic rings. The van der Waals surface area contributed by atoms with Crippen molar-refractivity contribution in [2.45, 2.75) is 6.54 Å². The van der Waals surface area contributed by atoms with E-state index >= 15 is 0 Å². The monoisotopic (exact) mass is 217 g/mol. The van der Waals surface area contributed by atoms with Crippen molar-refractivity contribution in [1.29, 1.82) is 0 Å². The summed E-state index contributed by atoms with van der Waals surface area (Å²) >= 11 is 0. The number of furan rings is 1. The third kappa shape index (κ3) is 2.38. The molecule has 0 aliphatic carbocycles. The van der Waals surface area contributed by atoms with Crippen LogP contribution in [0.3, 0.4) is 0 Å². The topological polar surface area (TPSA) is 81.2 Å². The molecule has 0 radical (unpaired) electrons.